The second kappa shape index (κ2) is 6.04. The van der Waals surface area contributed by atoms with E-state index in [4.69, 9.17) is 5.73 Å². The van der Waals surface area contributed by atoms with Crippen molar-refractivity contribution in [3.05, 3.63) is 55.4 Å². The average Bonchev–Trinajstić information content (AvgIpc) is 2.65. The lowest BCUT2D eigenvalue weighted by Crippen LogP contribution is -2.16. The molecule has 0 fully saturated rings. The number of nitrogens with two attached hydrogens (primary N) is 1. The van der Waals surface area contributed by atoms with Crippen molar-refractivity contribution in [2.75, 3.05) is 6.54 Å². The van der Waals surface area contributed by atoms with E-state index in [1.54, 1.807) is 16.7 Å². The molecule has 0 bridgehead atoms. The van der Waals surface area contributed by atoms with Crippen LogP contribution in [0.5, 0.6) is 0 Å². The van der Waals surface area contributed by atoms with Crippen LogP contribution in [0, 0.1) is 31.5 Å². The Balaban J connectivity index is 2.33. The van der Waals surface area contributed by atoms with Gasteiger partial charge in [-0.1, -0.05) is 29.2 Å². The first-order chi connectivity index (χ1) is 9.52. The number of hydrogen-bond acceptors (Lipinski definition) is 3. The number of aryl methyl sites for hydroxylation is 1. The van der Waals surface area contributed by atoms with E-state index in [1.807, 2.05) is 13.8 Å². The lowest BCUT2D eigenvalue weighted by molar-refractivity contribution is 0.595. The van der Waals surface area contributed by atoms with Crippen molar-refractivity contribution in [1.82, 2.24) is 4.57 Å². The van der Waals surface area contributed by atoms with Gasteiger partial charge in [-0.05, 0) is 26.0 Å². The Morgan fingerprint density at radius 1 is 1.40 bits per heavy atom. The first-order valence-corrected chi connectivity index (χ1v) is 6.98. The number of hydrogen-bond donors (Lipinski definition) is 1. The van der Waals surface area contributed by atoms with Crippen molar-refractivity contribution in [3.8, 4) is 11.8 Å². The van der Waals surface area contributed by atoms with E-state index in [-0.39, 0.29) is 23.8 Å². The van der Waals surface area contributed by atoms with E-state index in [2.05, 4.69) is 11.8 Å². The summed E-state index contributed by atoms with van der Waals surface area (Å²) in [5.41, 5.74) is 7.22. The standard InChI is InChI=1S/C15H15FN2OS/c1-10-11(2)20-15(19)18(10)9-13-6-5-12(4-3-7-17)8-14(13)16/h5-6,8H,7,9,17H2,1-2H3. The molecule has 0 spiro atoms. The topological polar surface area (TPSA) is 48.0 Å². The highest BCUT2D eigenvalue weighted by atomic mass is 32.1. The van der Waals surface area contributed by atoms with Gasteiger partial charge < -0.3 is 5.73 Å². The van der Waals surface area contributed by atoms with Crippen LogP contribution >= 0.6 is 11.3 Å². The molecule has 0 radical (unpaired) electrons. The minimum atomic E-state index is -0.357. The number of aromatic nitrogens is 1. The predicted octanol–water partition coefficient (Wildman–Crippen LogP) is 2.02. The van der Waals surface area contributed by atoms with E-state index in [9.17, 15) is 9.18 Å². The predicted molar refractivity (Wildman–Crippen MR) is 79.5 cm³/mol. The van der Waals surface area contributed by atoms with Crippen LogP contribution in [-0.2, 0) is 6.54 Å². The van der Waals surface area contributed by atoms with Crippen LogP contribution in [0.3, 0.4) is 0 Å². The van der Waals surface area contributed by atoms with Gasteiger partial charge in [-0.2, -0.15) is 0 Å². The van der Waals surface area contributed by atoms with Crippen molar-refractivity contribution < 1.29 is 4.39 Å². The average molecular weight is 290 g/mol. The van der Waals surface area contributed by atoms with E-state index >= 15 is 0 Å². The highest BCUT2D eigenvalue weighted by molar-refractivity contribution is 7.09. The molecule has 104 valence electrons. The molecule has 0 amide bonds. The van der Waals surface area contributed by atoms with Gasteiger partial charge in [-0.3, -0.25) is 9.36 Å². The lowest BCUT2D eigenvalue weighted by atomic mass is 10.1. The van der Waals surface area contributed by atoms with Gasteiger partial charge >= 0.3 is 4.87 Å². The van der Waals surface area contributed by atoms with Crippen molar-refractivity contribution in [1.29, 1.82) is 0 Å². The largest absolute Gasteiger partial charge is 0.320 e. The minimum Gasteiger partial charge on any atom is -0.320 e. The smallest absolute Gasteiger partial charge is 0.307 e. The number of nitrogens with zero attached hydrogens (tertiary/aromatic N) is 1. The normalized spacial score (nSPS) is 10.2. The van der Waals surface area contributed by atoms with Gasteiger partial charge in [0.2, 0.25) is 0 Å². The maximum absolute atomic E-state index is 14.0. The van der Waals surface area contributed by atoms with E-state index in [1.165, 1.54) is 17.4 Å². The summed E-state index contributed by atoms with van der Waals surface area (Å²) in [4.78, 5) is 12.7. The summed E-state index contributed by atoms with van der Waals surface area (Å²) < 4.78 is 15.6. The monoisotopic (exact) mass is 290 g/mol. The van der Waals surface area contributed by atoms with Gasteiger partial charge in [0.1, 0.15) is 5.82 Å². The molecular weight excluding hydrogens is 275 g/mol. The third-order valence-corrected chi connectivity index (χ3v) is 4.09. The SMILES string of the molecule is Cc1sc(=O)n(Cc2ccc(C#CCN)cc2F)c1C. The van der Waals surface area contributed by atoms with Crippen LogP contribution in [0.2, 0.25) is 0 Å². The maximum atomic E-state index is 14.0. The molecule has 0 aliphatic rings. The van der Waals surface area contributed by atoms with Gasteiger partial charge in [-0.15, -0.1) is 0 Å². The molecule has 1 aromatic carbocycles. The summed E-state index contributed by atoms with van der Waals surface area (Å²) in [5.74, 6) is 5.10. The molecule has 0 unspecified atom stereocenters. The molecule has 3 nitrogen and oxygen atoms in total. The molecule has 5 heteroatoms. The molecule has 0 saturated carbocycles. The number of rotatable bonds is 2. The third kappa shape index (κ3) is 2.98. The molecule has 2 N–H and O–H groups in total. The zero-order valence-corrected chi connectivity index (χ0v) is 12.2. The van der Waals surface area contributed by atoms with Crippen molar-refractivity contribution in [2.45, 2.75) is 20.4 Å². The van der Waals surface area contributed by atoms with Crippen LogP contribution in [0.4, 0.5) is 4.39 Å². The fourth-order valence-corrected chi connectivity index (χ4v) is 2.68. The molecule has 0 aliphatic heterocycles. The van der Waals surface area contributed by atoms with Crippen molar-refractivity contribution >= 4 is 11.3 Å². The number of benzene rings is 1. The van der Waals surface area contributed by atoms with Gasteiger partial charge in [0.25, 0.3) is 0 Å². The molecule has 0 atom stereocenters. The Labute approximate surface area is 120 Å². The Kier molecular flexibility index (Phi) is 4.38. The number of halogens is 1. The van der Waals surface area contributed by atoms with E-state index in [0.717, 1.165) is 10.6 Å². The molecule has 0 aliphatic carbocycles. The first kappa shape index (κ1) is 14.5. The summed E-state index contributed by atoms with van der Waals surface area (Å²) >= 11 is 1.18. The first-order valence-electron chi connectivity index (χ1n) is 6.17. The van der Waals surface area contributed by atoms with Gasteiger partial charge in [0, 0.05) is 21.7 Å². The zero-order valence-electron chi connectivity index (χ0n) is 11.4. The summed E-state index contributed by atoms with van der Waals surface area (Å²) in [6.07, 6.45) is 0. The zero-order chi connectivity index (χ0) is 14.7. The van der Waals surface area contributed by atoms with Crippen LogP contribution < -0.4 is 10.6 Å². The summed E-state index contributed by atoms with van der Waals surface area (Å²) in [6.45, 7) is 4.24. The van der Waals surface area contributed by atoms with Crippen molar-refractivity contribution in [2.24, 2.45) is 5.73 Å². The Hall–Kier alpha value is -1.90. The van der Waals surface area contributed by atoms with Crippen LogP contribution in [0.25, 0.3) is 0 Å². The maximum Gasteiger partial charge on any atom is 0.307 e. The third-order valence-electron chi connectivity index (χ3n) is 3.09. The Bertz CT molecular complexity index is 749. The molecular formula is C15H15FN2OS. The summed E-state index contributed by atoms with van der Waals surface area (Å²) in [7, 11) is 0. The minimum absolute atomic E-state index is 0.0635. The summed E-state index contributed by atoms with van der Waals surface area (Å²) in [5, 5.41) is 0. The second-order valence-electron chi connectivity index (χ2n) is 4.41. The van der Waals surface area contributed by atoms with Crippen LogP contribution in [0.15, 0.2) is 23.0 Å². The Morgan fingerprint density at radius 3 is 2.70 bits per heavy atom. The van der Waals surface area contributed by atoms with Gasteiger partial charge in [-0.25, -0.2) is 4.39 Å². The molecule has 0 saturated heterocycles. The fourth-order valence-electron chi connectivity index (χ4n) is 1.85. The second-order valence-corrected chi connectivity index (χ2v) is 5.57. The molecule has 1 aromatic heterocycles. The van der Waals surface area contributed by atoms with Crippen LogP contribution in [-0.4, -0.2) is 11.1 Å². The molecule has 2 aromatic rings. The van der Waals surface area contributed by atoms with Crippen molar-refractivity contribution in [3.63, 3.8) is 0 Å². The van der Waals surface area contributed by atoms with E-state index in [0.29, 0.717) is 11.1 Å². The van der Waals surface area contributed by atoms with E-state index < -0.39 is 0 Å². The molecule has 20 heavy (non-hydrogen) atoms. The summed E-state index contributed by atoms with van der Waals surface area (Å²) in [6, 6.07) is 4.77. The fraction of sp³-hybridized carbons (Fsp3) is 0.267. The van der Waals surface area contributed by atoms with Gasteiger partial charge in [0.05, 0.1) is 13.1 Å². The van der Waals surface area contributed by atoms with Gasteiger partial charge in [0.15, 0.2) is 0 Å². The lowest BCUT2D eigenvalue weighted by Gasteiger charge is -2.07. The molecule has 1 heterocycles. The highest BCUT2D eigenvalue weighted by Gasteiger charge is 2.10. The quantitative estimate of drug-likeness (QED) is 0.860. The molecule has 2 rings (SSSR count). The number of thiazole rings is 1. The Morgan fingerprint density at radius 2 is 2.15 bits per heavy atom. The highest BCUT2D eigenvalue weighted by Crippen LogP contribution is 2.15. The van der Waals surface area contributed by atoms with Crippen LogP contribution in [0.1, 0.15) is 21.7 Å².